The van der Waals surface area contributed by atoms with Crippen molar-refractivity contribution in [3.05, 3.63) is 58.9 Å². The molecule has 1 saturated heterocycles. The summed E-state index contributed by atoms with van der Waals surface area (Å²) in [4.78, 5) is 8.80. The number of para-hydroxylation sites is 2. The Hall–Kier alpha value is -1.74. The maximum Gasteiger partial charge on any atom is 0.194 e. The molecular formula is C21H25ClFIN4O. The van der Waals surface area contributed by atoms with Gasteiger partial charge in [0.05, 0.1) is 5.69 Å². The van der Waals surface area contributed by atoms with Gasteiger partial charge in [0.25, 0.3) is 0 Å². The fourth-order valence-corrected chi connectivity index (χ4v) is 4.20. The van der Waals surface area contributed by atoms with E-state index in [2.05, 4.69) is 20.1 Å². The van der Waals surface area contributed by atoms with Crippen LogP contribution in [0.5, 0.6) is 5.75 Å². The van der Waals surface area contributed by atoms with E-state index in [4.69, 9.17) is 11.6 Å². The number of rotatable bonds is 3. The third-order valence-corrected chi connectivity index (χ3v) is 5.82. The zero-order valence-electron chi connectivity index (χ0n) is 16.2. The van der Waals surface area contributed by atoms with Crippen molar-refractivity contribution < 1.29 is 9.50 Å². The standard InChI is InChI=1S/C21H24ClFN4O.HI/c1-24-21(25-17-13-14(17)20-15(22)5-4-6-16(20)23)27-11-9-26(10-12-27)18-7-2-3-8-19(18)28;/h2-8,14,17,28H,9-13H2,1H3,(H,24,25);1H. The van der Waals surface area contributed by atoms with E-state index >= 15 is 0 Å². The van der Waals surface area contributed by atoms with E-state index in [1.807, 2.05) is 18.2 Å². The maximum atomic E-state index is 14.1. The predicted octanol–water partition coefficient (Wildman–Crippen LogP) is 4.06. The number of benzene rings is 2. The fourth-order valence-electron chi connectivity index (χ4n) is 3.89. The molecule has 2 aromatic rings. The average Bonchev–Trinajstić information content (AvgIpc) is 3.45. The molecule has 156 valence electrons. The molecule has 0 aromatic heterocycles. The second kappa shape index (κ2) is 9.38. The molecule has 0 radical (unpaired) electrons. The van der Waals surface area contributed by atoms with Crippen molar-refractivity contribution in [3.8, 4) is 5.75 Å². The van der Waals surface area contributed by atoms with Crippen LogP contribution in [0.15, 0.2) is 47.5 Å². The number of aromatic hydroxyl groups is 1. The van der Waals surface area contributed by atoms with Crippen molar-refractivity contribution in [2.45, 2.75) is 18.4 Å². The number of anilines is 1. The Morgan fingerprint density at radius 3 is 2.52 bits per heavy atom. The molecule has 1 aliphatic carbocycles. The Balaban J connectivity index is 0.00000240. The summed E-state index contributed by atoms with van der Waals surface area (Å²) in [6.45, 7) is 3.19. The van der Waals surface area contributed by atoms with Crippen LogP contribution in [0.2, 0.25) is 5.02 Å². The van der Waals surface area contributed by atoms with Crippen molar-refractivity contribution in [1.29, 1.82) is 0 Å². The molecule has 8 heteroatoms. The number of nitrogens with zero attached hydrogens (tertiary/aromatic N) is 3. The summed E-state index contributed by atoms with van der Waals surface area (Å²) in [5, 5.41) is 14.0. The summed E-state index contributed by atoms with van der Waals surface area (Å²) >= 11 is 6.20. The van der Waals surface area contributed by atoms with Crippen LogP contribution >= 0.6 is 35.6 Å². The minimum Gasteiger partial charge on any atom is -0.506 e. The van der Waals surface area contributed by atoms with Gasteiger partial charge in [0.2, 0.25) is 0 Å². The van der Waals surface area contributed by atoms with Gasteiger partial charge in [0.15, 0.2) is 5.96 Å². The van der Waals surface area contributed by atoms with Crippen molar-refractivity contribution in [2.24, 2.45) is 4.99 Å². The summed E-state index contributed by atoms with van der Waals surface area (Å²) < 4.78 is 14.1. The van der Waals surface area contributed by atoms with Crippen molar-refractivity contribution >= 4 is 47.2 Å². The number of guanidine groups is 1. The van der Waals surface area contributed by atoms with E-state index < -0.39 is 0 Å². The fraction of sp³-hybridized carbons (Fsp3) is 0.381. The third-order valence-electron chi connectivity index (χ3n) is 5.49. The van der Waals surface area contributed by atoms with Crippen LogP contribution in [0.1, 0.15) is 17.9 Å². The topological polar surface area (TPSA) is 51.1 Å². The number of nitrogens with one attached hydrogen (secondary N) is 1. The molecule has 2 N–H and O–H groups in total. The first-order valence-electron chi connectivity index (χ1n) is 9.53. The molecule has 1 aliphatic heterocycles. The lowest BCUT2D eigenvalue weighted by molar-refractivity contribution is 0.369. The van der Waals surface area contributed by atoms with E-state index in [0.29, 0.717) is 16.3 Å². The van der Waals surface area contributed by atoms with Gasteiger partial charge in [0, 0.05) is 55.8 Å². The number of phenols is 1. The van der Waals surface area contributed by atoms with Crippen LogP contribution < -0.4 is 10.2 Å². The molecule has 0 spiro atoms. The molecule has 2 aliphatic rings. The second-order valence-electron chi connectivity index (χ2n) is 7.24. The molecule has 29 heavy (non-hydrogen) atoms. The van der Waals surface area contributed by atoms with Gasteiger partial charge >= 0.3 is 0 Å². The molecule has 1 saturated carbocycles. The second-order valence-corrected chi connectivity index (χ2v) is 7.65. The minimum atomic E-state index is -0.243. The Morgan fingerprint density at radius 2 is 1.86 bits per heavy atom. The number of halogens is 3. The lowest BCUT2D eigenvalue weighted by atomic mass is 10.1. The van der Waals surface area contributed by atoms with Gasteiger partial charge in [0.1, 0.15) is 11.6 Å². The Kier molecular flexibility index (Phi) is 7.10. The van der Waals surface area contributed by atoms with Gasteiger partial charge in [-0.3, -0.25) is 4.99 Å². The Morgan fingerprint density at radius 1 is 1.14 bits per heavy atom. The van der Waals surface area contributed by atoms with E-state index in [9.17, 15) is 9.50 Å². The number of aliphatic imine (C=N–C) groups is 1. The zero-order valence-corrected chi connectivity index (χ0v) is 19.3. The van der Waals surface area contributed by atoms with E-state index in [1.54, 1.807) is 25.2 Å². The first-order valence-corrected chi connectivity index (χ1v) is 9.91. The maximum absolute atomic E-state index is 14.1. The SMILES string of the molecule is CN=C(NC1CC1c1c(F)cccc1Cl)N1CCN(c2ccccc2O)CC1.I. The van der Waals surface area contributed by atoms with Gasteiger partial charge < -0.3 is 20.2 Å². The first kappa shape index (κ1) is 22.0. The summed E-state index contributed by atoms with van der Waals surface area (Å²) in [6.07, 6.45) is 0.845. The van der Waals surface area contributed by atoms with Gasteiger partial charge in [-0.1, -0.05) is 29.8 Å². The van der Waals surface area contributed by atoms with Gasteiger partial charge in [-0.2, -0.15) is 0 Å². The Bertz CT molecular complexity index is 868. The molecule has 2 aromatic carbocycles. The summed E-state index contributed by atoms with van der Waals surface area (Å²) in [7, 11) is 1.77. The monoisotopic (exact) mass is 530 g/mol. The largest absolute Gasteiger partial charge is 0.506 e. The highest BCUT2D eigenvalue weighted by atomic mass is 127. The van der Waals surface area contributed by atoms with Crippen LogP contribution in [0.3, 0.4) is 0 Å². The third kappa shape index (κ3) is 4.71. The Labute approximate surface area is 192 Å². The minimum absolute atomic E-state index is 0. The van der Waals surface area contributed by atoms with Crippen LogP contribution in [0.25, 0.3) is 0 Å². The molecule has 4 rings (SSSR count). The highest BCUT2D eigenvalue weighted by Crippen LogP contribution is 2.45. The van der Waals surface area contributed by atoms with Crippen LogP contribution in [-0.4, -0.2) is 55.2 Å². The van der Waals surface area contributed by atoms with Crippen molar-refractivity contribution in [3.63, 3.8) is 0 Å². The van der Waals surface area contributed by atoms with Gasteiger partial charge in [-0.15, -0.1) is 24.0 Å². The summed E-state index contributed by atoms with van der Waals surface area (Å²) in [6, 6.07) is 12.4. The number of piperazine rings is 1. The molecule has 5 nitrogen and oxygen atoms in total. The van der Waals surface area contributed by atoms with Crippen molar-refractivity contribution in [2.75, 3.05) is 38.1 Å². The molecule has 0 bridgehead atoms. The predicted molar refractivity (Wildman–Crippen MR) is 126 cm³/mol. The highest BCUT2D eigenvalue weighted by Gasteiger charge is 2.42. The zero-order chi connectivity index (χ0) is 19.7. The molecule has 1 heterocycles. The summed E-state index contributed by atoms with van der Waals surface area (Å²) in [5.74, 6) is 0.971. The number of hydrogen-bond donors (Lipinski definition) is 2. The van der Waals surface area contributed by atoms with Crippen LogP contribution in [0, 0.1) is 5.82 Å². The summed E-state index contributed by atoms with van der Waals surface area (Å²) in [5.41, 5.74) is 1.46. The first-order chi connectivity index (χ1) is 13.6. The van der Waals surface area contributed by atoms with Gasteiger partial charge in [-0.05, 0) is 30.7 Å². The lowest BCUT2D eigenvalue weighted by Crippen LogP contribution is -2.53. The average molecular weight is 531 g/mol. The smallest absolute Gasteiger partial charge is 0.194 e. The number of phenolic OH excluding ortho intramolecular Hbond substituents is 1. The van der Waals surface area contributed by atoms with E-state index in [0.717, 1.165) is 44.2 Å². The molecule has 2 unspecified atom stereocenters. The quantitative estimate of drug-likeness (QED) is 0.357. The molecule has 0 amide bonds. The molecular weight excluding hydrogens is 506 g/mol. The lowest BCUT2D eigenvalue weighted by Gasteiger charge is -2.38. The molecule has 2 fully saturated rings. The van der Waals surface area contributed by atoms with Gasteiger partial charge in [-0.25, -0.2) is 4.39 Å². The van der Waals surface area contributed by atoms with Crippen LogP contribution in [0.4, 0.5) is 10.1 Å². The highest BCUT2D eigenvalue weighted by molar-refractivity contribution is 14.0. The molecule has 2 atom stereocenters. The number of hydrogen-bond acceptors (Lipinski definition) is 3. The van der Waals surface area contributed by atoms with E-state index in [1.165, 1.54) is 6.07 Å². The normalized spacial score (nSPS) is 21.6. The van der Waals surface area contributed by atoms with Crippen molar-refractivity contribution in [1.82, 2.24) is 10.2 Å². The van der Waals surface area contributed by atoms with E-state index in [-0.39, 0.29) is 41.8 Å². The van der Waals surface area contributed by atoms with Crippen LogP contribution in [-0.2, 0) is 0 Å².